The molecule has 1 aromatic carbocycles. The highest BCUT2D eigenvalue weighted by molar-refractivity contribution is 6.07. The number of carbonyl (C=O) groups is 3. The number of H-pyrrole nitrogens is 1. The van der Waals surface area contributed by atoms with E-state index >= 15 is 0 Å². The van der Waals surface area contributed by atoms with E-state index in [0.29, 0.717) is 41.8 Å². The molecule has 1 atom stereocenters. The van der Waals surface area contributed by atoms with Crippen LogP contribution in [0.15, 0.2) is 36.5 Å². The van der Waals surface area contributed by atoms with E-state index in [1.165, 1.54) is 0 Å². The van der Waals surface area contributed by atoms with Crippen LogP contribution in [0.3, 0.4) is 0 Å². The Hall–Kier alpha value is -3.48. The van der Waals surface area contributed by atoms with Crippen LogP contribution < -0.4 is 10.6 Å². The Bertz CT molecular complexity index is 1250. The van der Waals surface area contributed by atoms with Gasteiger partial charge in [0.2, 0.25) is 5.91 Å². The maximum Gasteiger partial charge on any atom is 0.268 e. The first-order chi connectivity index (χ1) is 16.2. The minimum atomic E-state index is -0.703. The van der Waals surface area contributed by atoms with Gasteiger partial charge in [-0.1, -0.05) is 39.7 Å². The van der Waals surface area contributed by atoms with Gasteiger partial charge in [-0.2, -0.15) is 0 Å². The fourth-order valence-electron chi connectivity index (χ4n) is 4.80. The SMILES string of the molecule is CCCCC(NC(=O)c1[nH]c2c(c1C)C(=O)CC(C)(C)C2)C(=O)Nc1cccc2ncccc12. The Labute approximate surface area is 199 Å². The Morgan fingerprint density at radius 2 is 1.97 bits per heavy atom. The molecular weight excluding hydrogens is 428 g/mol. The first kappa shape index (κ1) is 23.7. The number of nitrogens with one attached hydrogen (secondary N) is 3. The van der Waals surface area contributed by atoms with E-state index in [-0.39, 0.29) is 23.0 Å². The molecule has 0 fully saturated rings. The van der Waals surface area contributed by atoms with Gasteiger partial charge in [0.05, 0.1) is 11.2 Å². The lowest BCUT2D eigenvalue weighted by atomic mass is 9.75. The van der Waals surface area contributed by atoms with Crippen molar-refractivity contribution in [2.45, 2.75) is 65.8 Å². The summed E-state index contributed by atoms with van der Waals surface area (Å²) in [6.45, 7) is 7.95. The summed E-state index contributed by atoms with van der Waals surface area (Å²) in [4.78, 5) is 46.7. The van der Waals surface area contributed by atoms with Crippen LogP contribution >= 0.6 is 0 Å². The van der Waals surface area contributed by atoms with Crippen molar-refractivity contribution in [2.75, 3.05) is 5.32 Å². The highest BCUT2D eigenvalue weighted by Crippen LogP contribution is 2.36. The molecule has 178 valence electrons. The molecule has 2 aromatic heterocycles. The number of hydrogen-bond donors (Lipinski definition) is 3. The zero-order valence-corrected chi connectivity index (χ0v) is 20.2. The van der Waals surface area contributed by atoms with Gasteiger partial charge in [-0.3, -0.25) is 19.4 Å². The molecule has 0 saturated heterocycles. The van der Waals surface area contributed by atoms with E-state index in [2.05, 4.69) is 34.4 Å². The molecule has 1 aliphatic rings. The van der Waals surface area contributed by atoms with E-state index in [1.807, 2.05) is 37.3 Å². The lowest BCUT2D eigenvalue weighted by molar-refractivity contribution is -0.118. The number of aromatic amines is 1. The number of carbonyl (C=O) groups excluding carboxylic acids is 3. The molecule has 1 aliphatic carbocycles. The third-order valence-corrected chi connectivity index (χ3v) is 6.50. The fraction of sp³-hybridized carbons (Fsp3) is 0.407. The zero-order chi connectivity index (χ0) is 24.5. The normalized spacial score (nSPS) is 15.6. The van der Waals surface area contributed by atoms with Crippen molar-refractivity contribution in [1.29, 1.82) is 0 Å². The lowest BCUT2D eigenvalue weighted by Crippen LogP contribution is -2.44. The number of Topliss-reactive ketones (excluding diaryl/α,β-unsaturated/α-hetero) is 1. The average Bonchev–Trinajstić information content (AvgIpc) is 3.11. The van der Waals surface area contributed by atoms with Crippen molar-refractivity contribution in [1.82, 2.24) is 15.3 Å². The number of ketones is 1. The van der Waals surface area contributed by atoms with Crippen molar-refractivity contribution in [2.24, 2.45) is 5.41 Å². The van der Waals surface area contributed by atoms with Crippen molar-refractivity contribution < 1.29 is 14.4 Å². The van der Waals surface area contributed by atoms with Crippen molar-refractivity contribution >= 4 is 34.2 Å². The fourth-order valence-corrected chi connectivity index (χ4v) is 4.80. The Morgan fingerprint density at radius 3 is 2.74 bits per heavy atom. The molecule has 0 spiro atoms. The largest absolute Gasteiger partial charge is 0.354 e. The van der Waals surface area contributed by atoms with Crippen LogP contribution in [0.4, 0.5) is 5.69 Å². The Kier molecular flexibility index (Phi) is 6.55. The van der Waals surface area contributed by atoms with Crippen LogP contribution in [0.1, 0.15) is 78.6 Å². The van der Waals surface area contributed by atoms with Gasteiger partial charge in [0.1, 0.15) is 11.7 Å². The van der Waals surface area contributed by atoms with E-state index in [9.17, 15) is 14.4 Å². The topological polar surface area (TPSA) is 104 Å². The summed E-state index contributed by atoms with van der Waals surface area (Å²) in [6, 6.07) is 8.59. The highest BCUT2D eigenvalue weighted by atomic mass is 16.2. The van der Waals surface area contributed by atoms with Crippen LogP contribution in [0.25, 0.3) is 10.9 Å². The Balaban J connectivity index is 1.56. The van der Waals surface area contributed by atoms with Gasteiger partial charge in [0, 0.05) is 29.3 Å². The number of aromatic nitrogens is 2. The molecule has 2 heterocycles. The summed E-state index contributed by atoms with van der Waals surface area (Å²) in [5, 5.41) is 6.73. The number of benzene rings is 1. The maximum atomic E-state index is 13.3. The van der Waals surface area contributed by atoms with E-state index in [4.69, 9.17) is 0 Å². The molecular formula is C27H32N4O3. The van der Waals surface area contributed by atoms with E-state index < -0.39 is 6.04 Å². The van der Waals surface area contributed by atoms with Gasteiger partial charge in [0.15, 0.2) is 5.78 Å². The molecule has 0 radical (unpaired) electrons. The van der Waals surface area contributed by atoms with Gasteiger partial charge in [-0.15, -0.1) is 0 Å². The molecule has 3 N–H and O–H groups in total. The molecule has 4 rings (SSSR count). The Morgan fingerprint density at radius 1 is 1.18 bits per heavy atom. The third-order valence-electron chi connectivity index (χ3n) is 6.50. The van der Waals surface area contributed by atoms with Gasteiger partial charge in [0.25, 0.3) is 5.91 Å². The number of rotatable bonds is 7. The molecule has 2 amide bonds. The number of unbranched alkanes of at least 4 members (excludes halogenated alkanes) is 1. The van der Waals surface area contributed by atoms with Crippen LogP contribution in [-0.2, 0) is 11.2 Å². The number of hydrogen-bond acceptors (Lipinski definition) is 4. The number of nitrogens with zero attached hydrogens (tertiary/aromatic N) is 1. The smallest absolute Gasteiger partial charge is 0.268 e. The van der Waals surface area contributed by atoms with Crippen LogP contribution in [0.2, 0.25) is 0 Å². The first-order valence-electron chi connectivity index (χ1n) is 11.9. The lowest BCUT2D eigenvalue weighted by Gasteiger charge is -2.28. The van der Waals surface area contributed by atoms with Crippen LogP contribution in [0, 0.1) is 12.3 Å². The van der Waals surface area contributed by atoms with Crippen LogP contribution in [0.5, 0.6) is 0 Å². The second kappa shape index (κ2) is 9.41. The van der Waals surface area contributed by atoms with Crippen molar-refractivity contribution in [3.63, 3.8) is 0 Å². The molecule has 0 aliphatic heterocycles. The molecule has 0 bridgehead atoms. The molecule has 1 unspecified atom stereocenters. The summed E-state index contributed by atoms with van der Waals surface area (Å²) in [7, 11) is 0. The van der Waals surface area contributed by atoms with Crippen LogP contribution in [-0.4, -0.2) is 33.6 Å². The number of pyridine rings is 1. The van der Waals surface area contributed by atoms with E-state index in [1.54, 1.807) is 13.1 Å². The predicted octanol–water partition coefficient (Wildman–Crippen LogP) is 4.95. The molecule has 7 heteroatoms. The zero-order valence-electron chi connectivity index (χ0n) is 20.2. The first-order valence-corrected chi connectivity index (χ1v) is 11.9. The molecule has 34 heavy (non-hydrogen) atoms. The molecule has 0 saturated carbocycles. The summed E-state index contributed by atoms with van der Waals surface area (Å²) < 4.78 is 0. The summed E-state index contributed by atoms with van der Waals surface area (Å²) >= 11 is 0. The number of anilines is 1. The molecule has 7 nitrogen and oxygen atoms in total. The number of fused-ring (bicyclic) bond motifs is 2. The monoisotopic (exact) mass is 460 g/mol. The van der Waals surface area contributed by atoms with Gasteiger partial charge in [-0.05, 0) is 55.0 Å². The van der Waals surface area contributed by atoms with Crippen molar-refractivity contribution in [3.05, 3.63) is 59.0 Å². The highest BCUT2D eigenvalue weighted by Gasteiger charge is 2.35. The number of amides is 2. The predicted molar refractivity (Wildman–Crippen MR) is 133 cm³/mol. The minimum absolute atomic E-state index is 0.0592. The quantitative estimate of drug-likeness (QED) is 0.464. The van der Waals surface area contributed by atoms with Gasteiger partial charge in [-0.25, -0.2) is 0 Å². The third kappa shape index (κ3) is 4.74. The maximum absolute atomic E-state index is 13.3. The van der Waals surface area contributed by atoms with E-state index in [0.717, 1.165) is 29.4 Å². The summed E-state index contributed by atoms with van der Waals surface area (Å²) in [6.07, 6.45) is 5.09. The summed E-state index contributed by atoms with van der Waals surface area (Å²) in [5.74, 6) is -0.582. The van der Waals surface area contributed by atoms with Gasteiger partial charge >= 0.3 is 0 Å². The second-order valence-electron chi connectivity index (χ2n) is 9.95. The van der Waals surface area contributed by atoms with Gasteiger partial charge < -0.3 is 15.6 Å². The average molecular weight is 461 g/mol. The summed E-state index contributed by atoms with van der Waals surface area (Å²) in [5.41, 5.74) is 3.75. The van der Waals surface area contributed by atoms with Crippen molar-refractivity contribution in [3.8, 4) is 0 Å². The standard InChI is InChI=1S/C27H32N4O3/c1-5-6-10-20(25(33)30-19-12-7-11-18-17(19)9-8-13-28-18)31-26(34)24-16(2)23-21(29-24)14-27(3,4)15-22(23)32/h7-9,11-13,20,29H,5-6,10,14-15H2,1-4H3,(H,30,33)(H,31,34). The second-order valence-corrected chi connectivity index (χ2v) is 9.95. The molecule has 3 aromatic rings. The minimum Gasteiger partial charge on any atom is -0.354 e.